The molecule has 30 heavy (non-hydrogen) atoms. The number of benzene rings is 1. The van der Waals surface area contributed by atoms with Gasteiger partial charge in [-0.15, -0.1) is 24.0 Å². The number of carbonyl (C=O) groups is 1. The Morgan fingerprint density at radius 1 is 1.13 bits per heavy atom. The topological polar surface area (TPSA) is 81.9 Å². The number of hydrogen-bond donors (Lipinski definition) is 3. The number of likely N-dealkylation sites (tertiary alicyclic amines) is 1. The van der Waals surface area contributed by atoms with E-state index in [-0.39, 0.29) is 35.9 Å². The SMILES string of the molecule is CN=C(NCCNC(=O)c1ccccc1Cl)NCC(c1ccco1)N1CCCC1.I. The Hall–Kier alpha value is -1.78. The summed E-state index contributed by atoms with van der Waals surface area (Å²) in [5, 5.41) is 9.90. The fourth-order valence-corrected chi connectivity index (χ4v) is 3.68. The molecule has 2 heterocycles. The molecule has 1 saturated heterocycles. The maximum Gasteiger partial charge on any atom is 0.252 e. The molecule has 1 aromatic carbocycles. The minimum Gasteiger partial charge on any atom is -0.468 e. The van der Waals surface area contributed by atoms with Crippen molar-refractivity contribution in [3.8, 4) is 0 Å². The van der Waals surface area contributed by atoms with E-state index in [4.69, 9.17) is 16.0 Å². The molecule has 3 rings (SSSR count). The maximum absolute atomic E-state index is 12.2. The summed E-state index contributed by atoms with van der Waals surface area (Å²) in [5.74, 6) is 1.46. The zero-order valence-corrected chi connectivity index (χ0v) is 20.2. The van der Waals surface area contributed by atoms with E-state index in [1.807, 2.05) is 12.1 Å². The van der Waals surface area contributed by atoms with Gasteiger partial charge in [0.1, 0.15) is 5.76 Å². The van der Waals surface area contributed by atoms with Crippen molar-refractivity contribution in [3.05, 3.63) is 59.0 Å². The van der Waals surface area contributed by atoms with E-state index < -0.39 is 0 Å². The summed E-state index contributed by atoms with van der Waals surface area (Å²) < 4.78 is 5.65. The van der Waals surface area contributed by atoms with Crippen LogP contribution in [0.2, 0.25) is 5.02 Å². The van der Waals surface area contributed by atoms with Gasteiger partial charge in [-0.25, -0.2) is 0 Å². The molecule has 1 aromatic heterocycles. The van der Waals surface area contributed by atoms with Crippen LogP contribution in [0.1, 0.15) is 35.0 Å². The second-order valence-electron chi connectivity index (χ2n) is 6.89. The molecule has 1 aliphatic rings. The van der Waals surface area contributed by atoms with Crippen molar-refractivity contribution in [2.75, 3.05) is 39.8 Å². The van der Waals surface area contributed by atoms with Crippen LogP contribution in [0.5, 0.6) is 0 Å². The standard InChI is InChI=1S/C21H28ClN5O2.HI/c1-23-21(25-11-10-24-20(28)16-7-2-3-8-17(16)22)26-15-18(19-9-6-14-29-19)27-12-4-5-13-27;/h2-3,6-9,14,18H,4-5,10-13,15H2,1H3,(H,24,28)(H2,23,25,26);1H. The van der Waals surface area contributed by atoms with Gasteiger partial charge in [-0.05, 0) is 50.2 Å². The van der Waals surface area contributed by atoms with Gasteiger partial charge in [-0.3, -0.25) is 14.7 Å². The molecular weight excluding hydrogens is 517 g/mol. The second kappa shape index (κ2) is 12.8. The van der Waals surface area contributed by atoms with Crippen LogP contribution in [0.15, 0.2) is 52.1 Å². The Balaban J connectivity index is 0.00000320. The van der Waals surface area contributed by atoms with E-state index in [0.29, 0.717) is 36.2 Å². The average Bonchev–Trinajstić information content (AvgIpc) is 3.44. The summed E-state index contributed by atoms with van der Waals surface area (Å²) in [6, 6.07) is 11.1. The van der Waals surface area contributed by atoms with E-state index >= 15 is 0 Å². The quantitative estimate of drug-likeness (QED) is 0.205. The zero-order chi connectivity index (χ0) is 20.5. The normalized spacial score (nSPS) is 15.3. The van der Waals surface area contributed by atoms with Gasteiger partial charge >= 0.3 is 0 Å². The maximum atomic E-state index is 12.2. The number of guanidine groups is 1. The monoisotopic (exact) mass is 545 g/mol. The van der Waals surface area contributed by atoms with Crippen molar-refractivity contribution >= 4 is 47.4 Å². The number of nitrogens with zero attached hydrogens (tertiary/aromatic N) is 2. The highest BCUT2D eigenvalue weighted by atomic mass is 127. The highest BCUT2D eigenvalue weighted by molar-refractivity contribution is 14.0. The summed E-state index contributed by atoms with van der Waals surface area (Å²) in [7, 11) is 1.73. The lowest BCUT2D eigenvalue weighted by Crippen LogP contribution is -2.44. The fourth-order valence-electron chi connectivity index (χ4n) is 3.46. The Kier molecular flexibility index (Phi) is 10.5. The minimum atomic E-state index is -0.188. The van der Waals surface area contributed by atoms with Gasteiger partial charge in [0, 0.05) is 26.7 Å². The predicted octanol–water partition coefficient (Wildman–Crippen LogP) is 3.28. The second-order valence-corrected chi connectivity index (χ2v) is 7.30. The molecule has 0 saturated carbocycles. The molecule has 9 heteroatoms. The number of amides is 1. The lowest BCUT2D eigenvalue weighted by Gasteiger charge is -2.26. The summed E-state index contributed by atoms with van der Waals surface area (Å²) in [4.78, 5) is 18.9. The summed E-state index contributed by atoms with van der Waals surface area (Å²) in [5.41, 5.74) is 0.476. The van der Waals surface area contributed by atoms with Gasteiger partial charge in [-0.2, -0.15) is 0 Å². The Labute approximate surface area is 199 Å². The van der Waals surface area contributed by atoms with Gasteiger partial charge in [0.2, 0.25) is 0 Å². The van der Waals surface area contributed by atoms with Crippen molar-refractivity contribution in [1.82, 2.24) is 20.9 Å². The lowest BCUT2D eigenvalue weighted by molar-refractivity contribution is 0.0954. The van der Waals surface area contributed by atoms with Crippen LogP contribution in [-0.2, 0) is 0 Å². The summed E-state index contributed by atoms with van der Waals surface area (Å²) in [6.07, 6.45) is 4.15. The van der Waals surface area contributed by atoms with Crippen LogP contribution in [-0.4, -0.2) is 56.5 Å². The Bertz CT molecular complexity index is 809. The number of furan rings is 1. The lowest BCUT2D eigenvalue weighted by atomic mass is 10.2. The molecule has 0 aliphatic carbocycles. The molecular formula is C21H29ClIN5O2. The third kappa shape index (κ3) is 6.88. The van der Waals surface area contributed by atoms with Crippen molar-refractivity contribution < 1.29 is 9.21 Å². The fraction of sp³-hybridized carbons (Fsp3) is 0.429. The molecule has 0 spiro atoms. The van der Waals surface area contributed by atoms with Crippen molar-refractivity contribution in [1.29, 1.82) is 0 Å². The highest BCUT2D eigenvalue weighted by Gasteiger charge is 2.25. The number of nitrogens with one attached hydrogen (secondary N) is 3. The first kappa shape index (κ1) is 24.5. The van der Waals surface area contributed by atoms with Crippen molar-refractivity contribution in [2.24, 2.45) is 4.99 Å². The van der Waals surface area contributed by atoms with Crippen LogP contribution in [0.25, 0.3) is 0 Å². The van der Waals surface area contributed by atoms with Crippen LogP contribution in [0.3, 0.4) is 0 Å². The van der Waals surface area contributed by atoms with Crippen LogP contribution >= 0.6 is 35.6 Å². The molecule has 1 unspecified atom stereocenters. The molecule has 1 fully saturated rings. The van der Waals surface area contributed by atoms with Crippen molar-refractivity contribution in [2.45, 2.75) is 18.9 Å². The molecule has 0 radical (unpaired) electrons. The van der Waals surface area contributed by atoms with E-state index in [0.717, 1.165) is 18.8 Å². The smallest absolute Gasteiger partial charge is 0.252 e. The molecule has 164 valence electrons. The van der Waals surface area contributed by atoms with Crippen molar-refractivity contribution in [3.63, 3.8) is 0 Å². The summed E-state index contributed by atoms with van der Waals surface area (Å²) >= 11 is 6.05. The van der Waals surface area contributed by atoms with Gasteiger partial charge < -0.3 is 20.4 Å². The molecule has 1 aliphatic heterocycles. The van der Waals surface area contributed by atoms with Crippen LogP contribution in [0, 0.1) is 0 Å². The number of halogens is 2. The van der Waals surface area contributed by atoms with E-state index in [1.165, 1.54) is 12.8 Å². The summed E-state index contributed by atoms with van der Waals surface area (Å²) in [6.45, 7) is 3.85. The Morgan fingerprint density at radius 3 is 2.53 bits per heavy atom. The van der Waals surface area contributed by atoms with Crippen LogP contribution in [0.4, 0.5) is 0 Å². The van der Waals surface area contributed by atoms with Gasteiger partial charge in [0.05, 0.1) is 22.9 Å². The Morgan fingerprint density at radius 2 is 1.87 bits per heavy atom. The van der Waals surface area contributed by atoms with Crippen LogP contribution < -0.4 is 16.0 Å². The minimum absolute atomic E-state index is 0. The number of hydrogen-bond acceptors (Lipinski definition) is 4. The zero-order valence-electron chi connectivity index (χ0n) is 17.1. The number of aliphatic imine (C=N–C) groups is 1. The first-order chi connectivity index (χ1) is 14.2. The van der Waals surface area contributed by atoms with E-state index in [9.17, 15) is 4.79 Å². The molecule has 7 nitrogen and oxygen atoms in total. The molecule has 1 atom stereocenters. The van der Waals surface area contributed by atoms with E-state index in [1.54, 1.807) is 37.6 Å². The van der Waals surface area contributed by atoms with Gasteiger partial charge in [0.25, 0.3) is 5.91 Å². The third-order valence-corrected chi connectivity index (χ3v) is 5.29. The van der Waals surface area contributed by atoms with Gasteiger partial charge in [-0.1, -0.05) is 23.7 Å². The number of rotatable bonds is 8. The van der Waals surface area contributed by atoms with Gasteiger partial charge in [0.15, 0.2) is 5.96 Å². The average molecular weight is 546 g/mol. The first-order valence-corrected chi connectivity index (χ1v) is 10.3. The largest absolute Gasteiger partial charge is 0.468 e. The van der Waals surface area contributed by atoms with E-state index in [2.05, 4.69) is 25.8 Å². The molecule has 0 bridgehead atoms. The third-order valence-electron chi connectivity index (χ3n) is 4.96. The highest BCUT2D eigenvalue weighted by Crippen LogP contribution is 2.24. The number of carbonyl (C=O) groups excluding carboxylic acids is 1. The molecule has 1 amide bonds. The molecule has 3 N–H and O–H groups in total. The predicted molar refractivity (Wildman–Crippen MR) is 131 cm³/mol. The molecule has 2 aromatic rings. The first-order valence-electron chi connectivity index (χ1n) is 9.93.